The van der Waals surface area contributed by atoms with Gasteiger partial charge in [0.1, 0.15) is 23.5 Å². The van der Waals surface area contributed by atoms with Crippen LogP contribution in [0, 0.1) is 12.8 Å². The highest BCUT2D eigenvalue weighted by atomic mass is 16.5. The average Bonchev–Trinajstić information content (AvgIpc) is 3.34. The molecule has 1 amide bonds. The van der Waals surface area contributed by atoms with Crippen LogP contribution in [0.25, 0.3) is 11.5 Å². The number of carbonyl (C=O) groups is 2. The first-order chi connectivity index (χ1) is 15.9. The number of nitrogens with zero attached hydrogens (tertiary/aromatic N) is 5. The number of rotatable bonds is 8. The molecule has 3 heterocycles. The third-order valence-electron chi connectivity index (χ3n) is 5.78. The van der Waals surface area contributed by atoms with Gasteiger partial charge in [-0.25, -0.2) is 4.98 Å². The summed E-state index contributed by atoms with van der Waals surface area (Å²) in [6.07, 6.45) is 4.68. The van der Waals surface area contributed by atoms with Crippen molar-refractivity contribution in [1.29, 1.82) is 0 Å². The molecule has 1 fully saturated rings. The van der Waals surface area contributed by atoms with Gasteiger partial charge in [0.25, 0.3) is 5.91 Å². The highest BCUT2D eigenvalue weighted by Gasteiger charge is 2.41. The molecule has 0 spiro atoms. The van der Waals surface area contributed by atoms with Crippen molar-refractivity contribution < 1.29 is 14.3 Å². The van der Waals surface area contributed by atoms with Gasteiger partial charge in [0, 0.05) is 18.7 Å². The van der Waals surface area contributed by atoms with Gasteiger partial charge in [-0.15, -0.1) is 10.2 Å². The number of hydrogen-bond donors (Lipinski definition) is 1. The summed E-state index contributed by atoms with van der Waals surface area (Å²) in [4.78, 5) is 33.6. The van der Waals surface area contributed by atoms with Crippen LogP contribution in [0.4, 0.5) is 5.82 Å². The Hall–Kier alpha value is -3.62. The maximum atomic E-state index is 12.9. The molecule has 0 aliphatic heterocycles. The van der Waals surface area contributed by atoms with Crippen LogP contribution in [0.1, 0.15) is 67.2 Å². The van der Waals surface area contributed by atoms with E-state index in [0.29, 0.717) is 36.1 Å². The molecule has 9 heteroatoms. The minimum absolute atomic E-state index is 0.172. The number of hydrogen-bond acceptors (Lipinski definition) is 7. The first kappa shape index (κ1) is 22.6. The first-order valence-electron chi connectivity index (χ1n) is 11.2. The van der Waals surface area contributed by atoms with E-state index in [-0.39, 0.29) is 29.8 Å². The highest BCUT2D eigenvalue weighted by molar-refractivity contribution is 6.02. The molecule has 172 valence electrons. The van der Waals surface area contributed by atoms with Crippen LogP contribution in [0.5, 0.6) is 0 Å². The largest absolute Gasteiger partial charge is 0.466 e. The Balaban J connectivity index is 1.48. The quantitative estimate of drug-likeness (QED) is 0.520. The van der Waals surface area contributed by atoms with Gasteiger partial charge in [-0.1, -0.05) is 6.07 Å². The van der Waals surface area contributed by atoms with Crippen LogP contribution in [0.2, 0.25) is 0 Å². The van der Waals surface area contributed by atoms with Gasteiger partial charge >= 0.3 is 5.97 Å². The molecule has 2 atom stereocenters. The Bertz CT molecular complexity index is 1170. The van der Waals surface area contributed by atoms with Crippen LogP contribution in [0.15, 0.2) is 36.8 Å². The molecule has 0 radical (unpaired) electrons. The molecule has 9 nitrogen and oxygen atoms in total. The van der Waals surface area contributed by atoms with Crippen LogP contribution < -0.4 is 5.32 Å². The zero-order chi connectivity index (χ0) is 23.5. The fraction of sp³-hybridized carbons (Fsp3) is 0.417. The van der Waals surface area contributed by atoms with Crippen molar-refractivity contribution >= 4 is 17.7 Å². The molecule has 33 heavy (non-hydrogen) atoms. The number of aryl methyl sites for hydroxylation is 1. The van der Waals surface area contributed by atoms with E-state index in [1.54, 1.807) is 25.5 Å². The number of anilines is 1. The Labute approximate surface area is 192 Å². The van der Waals surface area contributed by atoms with E-state index in [9.17, 15) is 9.59 Å². The van der Waals surface area contributed by atoms with Crippen LogP contribution in [-0.4, -0.2) is 43.2 Å². The monoisotopic (exact) mass is 448 g/mol. The lowest BCUT2D eigenvalue weighted by molar-refractivity contribution is -0.143. The van der Waals surface area contributed by atoms with Gasteiger partial charge in [0.15, 0.2) is 5.82 Å². The fourth-order valence-corrected chi connectivity index (χ4v) is 3.96. The molecule has 0 bridgehead atoms. The summed E-state index contributed by atoms with van der Waals surface area (Å²) in [6.45, 7) is 8.24. The van der Waals surface area contributed by atoms with Crippen molar-refractivity contribution in [3.63, 3.8) is 0 Å². The molecule has 0 aromatic carbocycles. The average molecular weight is 449 g/mol. The fourth-order valence-electron chi connectivity index (χ4n) is 3.96. The molecule has 1 aliphatic rings. The molecule has 1 saturated carbocycles. The number of nitrogens with one attached hydrogen (secondary N) is 1. The van der Waals surface area contributed by atoms with Gasteiger partial charge in [-0.3, -0.25) is 14.6 Å². The van der Waals surface area contributed by atoms with Crippen molar-refractivity contribution in [2.75, 3.05) is 11.9 Å². The third kappa shape index (κ3) is 5.08. The number of amides is 1. The molecular weight excluding hydrogens is 420 g/mol. The van der Waals surface area contributed by atoms with Crippen molar-refractivity contribution in [2.24, 2.45) is 5.92 Å². The number of aromatic nitrogens is 5. The molecule has 3 aromatic rings. The van der Waals surface area contributed by atoms with Crippen LogP contribution in [-0.2, 0) is 9.53 Å². The van der Waals surface area contributed by atoms with Gasteiger partial charge in [-0.2, -0.15) is 0 Å². The maximum absolute atomic E-state index is 12.9. The Morgan fingerprint density at radius 1 is 1.30 bits per heavy atom. The predicted octanol–water partition coefficient (Wildman–Crippen LogP) is 3.93. The summed E-state index contributed by atoms with van der Waals surface area (Å²) in [5.41, 5.74) is 3.00. The van der Waals surface area contributed by atoms with Crippen LogP contribution >= 0.6 is 0 Å². The minimum atomic E-state index is -0.339. The SMILES string of the molecule is CCOC(=O)CC1CC1c1cc(C(=O)Nc2cccc(-c3nncn3C(C)C)n2)ncc1C. The number of pyridine rings is 2. The second-order valence-electron chi connectivity index (χ2n) is 8.56. The molecule has 4 rings (SSSR count). The van der Waals surface area contributed by atoms with Crippen molar-refractivity contribution in [3.05, 3.63) is 53.6 Å². The van der Waals surface area contributed by atoms with E-state index in [2.05, 4.69) is 25.5 Å². The van der Waals surface area contributed by atoms with Crippen molar-refractivity contribution in [1.82, 2.24) is 24.7 Å². The van der Waals surface area contributed by atoms with E-state index in [4.69, 9.17) is 4.74 Å². The van der Waals surface area contributed by atoms with Gasteiger partial charge < -0.3 is 14.6 Å². The highest BCUT2D eigenvalue weighted by Crippen LogP contribution is 2.50. The summed E-state index contributed by atoms with van der Waals surface area (Å²) >= 11 is 0. The minimum Gasteiger partial charge on any atom is -0.466 e. The lowest BCUT2D eigenvalue weighted by atomic mass is 10.0. The summed E-state index contributed by atoms with van der Waals surface area (Å²) < 4.78 is 6.98. The zero-order valence-electron chi connectivity index (χ0n) is 19.3. The maximum Gasteiger partial charge on any atom is 0.306 e. The molecular formula is C24H28N6O3. The molecule has 2 unspecified atom stereocenters. The van der Waals surface area contributed by atoms with Gasteiger partial charge in [0.05, 0.1) is 6.61 Å². The third-order valence-corrected chi connectivity index (χ3v) is 5.78. The van der Waals surface area contributed by atoms with Gasteiger partial charge in [0.2, 0.25) is 0 Å². The summed E-state index contributed by atoms with van der Waals surface area (Å²) in [5.74, 6) is 1.03. The first-order valence-corrected chi connectivity index (χ1v) is 11.2. The van der Waals surface area contributed by atoms with E-state index < -0.39 is 0 Å². The van der Waals surface area contributed by atoms with E-state index in [0.717, 1.165) is 17.5 Å². The summed E-state index contributed by atoms with van der Waals surface area (Å²) in [5, 5.41) is 11.0. The standard InChI is InChI=1S/C24H28N6O3/c1-5-33-22(31)10-16-9-18(16)17-11-20(25-12-15(17)4)24(32)28-21-8-6-7-19(27-21)23-29-26-13-30(23)14(2)3/h6-8,11-14,16,18H,5,9-10H2,1-4H3,(H,27,28,32). The van der Waals surface area contributed by atoms with Crippen molar-refractivity contribution in [3.8, 4) is 11.5 Å². The second kappa shape index (κ2) is 9.48. The number of ether oxygens (including phenoxy) is 1. The molecule has 0 saturated heterocycles. The summed E-state index contributed by atoms with van der Waals surface area (Å²) in [7, 11) is 0. The smallest absolute Gasteiger partial charge is 0.306 e. The predicted molar refractivity (Wildman–Crippen MR) is 123 cm³/mol. The zero-order valence-corrected chi connectivity index (χ0v) is 19.3. The van der Waals surface area contributed by atoms with E-state index in [1.165, 1.54) is 0 Å². The van der Waals surface area contributed by atoms with Gasteiger partial charge in [-0.05, 0) is 75.3 Å². The Morgan fingerprint density at radius 3 is 2.88 bits per heavy atom. The van der Waals surface area contributed by atoms with Crippen molar-refractivity contribution in [2.45, 2.75) is 52.5 Å². The Morgan fingerprint density at radius 2 is 2.12 bits per heavy atom. The lowest BCUT2D eigenvalue weighted by Gasteiger charge is -2.11. The Kier molecular flexibility index (Phi) is 6.48. The molecule has 1 N–H and O–H groups in total. The molecule has 1 aliphatic carbocycles. The summed E-state index contributed by atoms with van der Waals surface area (Å²) in [6, 6.07) is 7.37. The second-order valence-corrected chi connectivity index (χ2v) is 8.56. The van der Waals surface area contributed by atoms with E-state index >= 15 is 0 Å². The number of esters is 1. The number of carbonyl (C=O) groups excluding carboxylic acids is 2. The normalized spacial score (nSPS) is 17.1. The van der Waals surface area contributed by atoms with Crippen LogP contribution in [0.3, 0.4) is 0 Å². The topological polar surface area (TPSA) is 112 Å². The van der Waals surface area contributed by atoms with E-state index in [1.807, 2.05) is 43.5 Å². The lowest BCUT2D eigenvalue weighted by Crippen LogP contribution is -2.15. The molecule has 3 aromatic heterocycles.